The van der Waals surface area contributed by atoms with Crippen LogP contribution in [0.5, 0.6) is 0 Å². The Kier molecular flexibility index (Phi) is 12.0. The van der Waals surface area contributed by atoms with E-state index in [-0.39, 0.29) is 22.5 Å². The maximum atomic E-state index is 6.38. The first kappa shape index (κ1) is 16.9. The zero-order valence-electron chi connectivity index (χ0n) is 10.1. The van der Waals surface area contributed by atoms with Crippen molar-refractivity contribution < 1.29 is 0 Å². The lowest BCUT2D eigenvalue weighted by Crippen LogP contribution is -2.39. The summed E-state index contributed by atoms with van der Waals surface area (Å²) in [4.78, 5) is 0. The average molecular weight is 266 g/mol. The summed E-state index contributed by atoms with van der Waals surface area (Å²) < 4.78 is 0. The van der Waals surface area contributed by atoms with Crippen LogP contribution < -0.4 is 5.73 Å². The molecule has 0 rings (SSSR count). The highest BCUT2D eigenvalue weighted by atomic mass is 79.9. The van der Waals surface area contributed by atoms with Gasteiger partial charge in [-0.15, -0.1) is 17.0 Å². The number of halogens is 1. The predicted octanol–water partition coefficient (Wildman–Crippen LogP) is 4.44. The van der Waals surface area contributed by atoms with Gasteiger partial charge >= 0.3 is 0 Å². The summed E-state index contributed by atoms with van der Waals surface area (Å²) in [5.41, 5.74) is 6.53. The Balaban J connectivity index is 0. The van der Waals surface area contributed by atoms with E-state index < -0.39 is 0 Å². The van der Waals surface area contributed by atoms with Crippen LogP contribution in [0.4, 0.5) is 0 Å². The van der Waals surface area contributed by atoms with Crippen LogP contribution in [-0.2, 0) is 0 Å². The van der Waals surface area contributed by atoms with Crippen molar-refractivity contribution in [1.29, 1.82) is 0 Å². The number of nitrogens with two attached hydrogens (primary N) is 1. The molecule has 0 aromatic rings. The first-order valence-corrected chi connectivity index (χ1v) is 5.97. The van der Waals surface area contributed by atoms with Gasteiger partial charge in [0.2, 0.25) is 0 Å². The number of unbranched alkanes of at least 4 members (excludes halogenated alkanes) is 2. The molecule has 88 valence electrons. The van der Waals surface area contributed by atoms with Gasteiger partial charge in [0.1, 0.15) is 0 Å². The van der Waals surface area contributed by atoms with Gasteiger partial charge < -0.3 is 5.73 Å². The van der Waals surface area contributed by atoms with Crippen molar-refractivity contribution >= 4 is 17.0 Å². The smallest absolute Gasteiger partial charge is 0.0154 e. The topological polar surface area (TPSA) is 26.0 Å². The molecule has 2 N–H and O–H groups in total. The SMILES string of the molecule is Br.CCCCC(N)(CCC)CCCC. The first-order valence-electron chi connectivity index (χ1n) is 5.97. The van der Waals surface area contributed by atoms with E-state index in [0.717, 1.165) is 0 Å². The largest absolute Gasteiger partial charge is 0.325 e. The third kappa shape index (κ3) is 7.81. The molecule has 0 atom stereocenters. The van der Waals surface area contributed by atoms with Crippen molar-refractivity contribution in [2.45, 2.75) is 77.7 Å². The molecule has 0 aromatic carbocycles. The van der Waals surface area contributed by atoms with Crippen LogP contribution in [0.15, 0.2) is 0 Å². The third-order valence-corrected chi connectivity index (χ3v) is 2.80. The maximum absolute atomic E-state index is 6.38. The van der Waals surface area contributed by atoms with Gasteiger partial charge in [-0.05, 0) is 19.3 Å². The molecule has 0 fully saturated rings. The standard InChI is InChI=1S/C12H27N.BrH/c1-4-7-10-12(13,9-6-3)11-8-5-2;/h4-11,13H2,1-3H3;1H. The van der Waals surface area contributed by atoms with Gasteiger partial charge in [0.05, 0.1) is 0 Å². The minimum atomic E-state index is 0. The molecule has 0 aromatic heterocycles. The summed E-state index contributed by atoms with van der Waals surface area (Å²) in [6, 6.07) is 0. The maximum Gasteiger partial charge on any atom is 0.0154 e. The minimum absolute atomic E-state index is 0. The Morgan fingerprint density at radius 2 is 1.21 bits per heavy atom. The Labute approximate surface area is 101 Å². The molecule has 0 aliphatic carbocycles. The monoisotopic (exact) mass is 265 g/mol. The summed E-state index contributed by atoms with van der Waals surface area (Å²) in [5.74, 6) is 0. The van der Waals surface area contributed by atoms with Gasteiger partial charge in [0, 0.05) is 5.54 Å². The van der Waals surface area contributed by atoms with Crippen molar-refractivity contribution in [3.63, 3.8) is 0 Å². The van der Waals surface area contributed by atoms with Gasteiger partial charge in [-0.25, -0.2) is 0 Å². The van der Waals surface area contributed by atoms with Crippen LogP contribution in [0.25, 0.3) is 0 Å². The lowest BCUT2D eigenvalue weighted by Gasteiger charge is -2.29. The lowest BCUT2D eigenvalue weighted by atomic mass is 9.84. The molecule has 0 saturated carbocycles. The van der Waals surface area contributed by atoms with E-state index in [4.69, 9.17) is 5.73 Å². The quantitative estimate of drug-likeness (QED) is 0.690. The summed E-state index contributed by atoms with van der Waals surface area (Å²) in [5, 5.41) is 0. The van der Waals surface area contributed by atoms with Gasteiger partial charge in [-0.3, -0.25) is 0 Å². The summed E-state index contributed by atoms with van der Waals surface area (Å²) >= 11 is 0. The number of hydrogen-bond donors (Lipinski definition) is 1. The molecule has 2 heteroatoms. The molecule has 0 aliphatic rings. The van der Waals surface area contributed by atoms with E-state index >= 15 is 0 Å². The normalized spacial score (nSPS) is 11.1. The summed E-state index contributed by atoms with van der Waals surface area (Å²) in [6.45, 7) is 6.72. The fourth-order valence-corrected chi connectivity index (χ4v) is 1.93. The molecule has 0 unspecified atom stereocenters. The second-order valence-corrected chi connectivity index (χ2v) is 4.32. The third-order valence-electron chi connectivity index (χ3n) is 2.80. The van der Waals surface area contributed by atoms with Crippen molar-refractivity contribution in [3.8, 4) is 0 Å². The molecule has 0 bridgehead atoms. The minimum Gasteiger partial charge on any atom is -0.325 e. The van der Waals surface area contributed by atoms with Crippen molar-refractivity contribution in [3.05, 3.63) is 0 Å². The molecule has 0 amide bonds. The van der Waals surface area contributed by atoms with Crippen LogP contribution >= 0.6 is 17.0 Å². The van der Waals surface area contributed by atoms with E-state index in [1.165, 1.54) is 51.4 Å². The molecule has 0 heterocycles. The zero-order valence-corrected chi connectivity index (χ0v) is 11.9. The number of hydrogen-bond acceptors (Lipinski definition) is 1. The predicted molar refractivity (Wildman–Crippen MR) is 71.2 cm³/mol. The number of rotatable bonds is 8. The van der Waals surface area contributed by atoms with Crippen molar-refractivity contribution in [2.75, 3.05) is 0 Å². The Morgan fingerprint density at radius 3 is 1.50 bits per heavy atom. The van der Waals surface area contributed by atoms with Gasteiger partial charge in [0.15, 0.2) is 0 Å². The van der Waals surface area contributed by atoms with Crippen molar-refractivity contribution in [1.82, 2.24) is 0 Å². The fraction of sp³-hybridized carbons (Fsp3) is 1.00. The van der Waals surface area contributed by atoms with Crippen LogP contribution in [0.1, 0.15) is 72.1 Å². The highest BCUT2D eigenvalue weighted by Crippen LogP contribution is 2.23. The van der Waals surface area contributed by atoms with Crippen LogP contribution in [-0.4, -0.2) is 5.54 Å². The molecule has 1 nitrogen and oxygen atoms in total. The molecule has 0 spiro atoms. The molecule has 0 aliphatic heterocycles. The zero-order chi connectivity index (χ0) is 10.2. The molecular formula is C12H28BrN. The molecule has 0 radical (unpaired) electrons. The molecule has 0 saturated heterocycles. The van der Waals surface area contributed by atoms with E-state index in [1.54, 1.807) is 0 Å². The van der Waals surface area contributed by atoms with Gasteiger partial charge in [-0.1, -0.05) is 52.9 Å². The first-order chi connectivity index (χ1) is 6.18. The summed E-state index contributed by atoms with van der Waals surface area (Å²) in [7, 11) is 0. The highest BCUT2D eigenvalue weighted by Gasteiger charge is 2.21. The van der Waals surface area contributed by atoms with Crippen molar-refractivity contribution in [2.24, 2.45) is 5.73 Å². The second-order valence-electron chi connectivity index (χ2n) is 4.32. The van der Waals surface area contributed by atoms with Crippen LogP contribution in [0, 0.1) is 0 Å². The van der Waals surface area contributed by atoms with Gasteiger partial charge in [-0.2, -0.15) is 0 Å². The van der Waals surface area contributed by atoms with E-state index in [9.17, 15) is 0 Å². The molecular weight excluding hydrogens is 238 g/mol. The molecule has 14 heavy (non-hydrogen) atoms. The Morgan fingerprint density at radius 1 is 0.786 bits per heavy atom. The van der Waals surface area contributed by atoms with Gasteiger partial charge in [0.25, 0.3) is 0 Å². The van der Waals surface area contributed by atoms with E-state index in [1.807, 2.05) is 0 Å². The average Bonchev–Trinajstić information content (AvgIpc) is 2.12. The van der Waals surface area contributed by atoms with Crippen LogP contribution in [0.2, 0.25) is 0 Å². The summed E-state index contributed by atoms with van der Waals surface area (Å²) in [6.07, 6.45) is 10.00. The van der Waals surface area contributed by atoms with E-state index in [0.29, 0.717) is 0 Å². The Hall–Kier alpha value is 0.440. The van der Waals surface area contributed by atoms with E-state index in [2.05, 4.69) is 20.8 Å². The lowest BCUT2D eigenvalue weighted by molar-refractivity contribution is 0.318. The fourth-order valence-electron chi connectivity index (χ4n) is 1.93. The Bertz CT molecular complexity index is 107. The second kappa shape index (κ2) is 9.97. The highest BCUT2D eigenvalue weighted by molar-refractivity contribution is 8.93. The van der Waals surface area contributed by atoms with Crippen LogP contribution in [0.3, 0.4) is 0 Å².